The summed E-state index contributed by atoms with van der Waals surface area (Å²) in [5, 5.41) is 6.10. The summed E-state index contributed by atoms with van der Waals surface area (Å²) in [7, 11) is 0. The van der Waals surface area contributed by atoms with Crippen molar-refractivity contribution in [2.75, 3.05) is 5.32 Å². The van der Waals surface area contributed by atoms with Crippen LogP contribution in [0, 0.1) is 0 Å². The number of hydrogen-bond acceptors (Lipinski definition) is 5. The number of carbonyl (C=O) groups excluding carboxylic acids is 1. The smallest absolute Gasteiger partial charge is 0.254 e. The van der Waals surface area contributed by atoms with Crippen molar-refractivity contribution in [3.63, 3.8) is 0 Å². The first-order valence-electron chi connectivity index (χ1n) is 7.70. The monoisotopic (exact) mass is 300 g/mol. The molecule has 1 aliphatic rings. The molecule has 0 aliphatic heterocycles. The van der Waals surface area contributed by atoms with Crippen LogP contribution in [0.4, 0.5) is 5.95 Å². The Kier molecular flexibility index (Phi) is 4.68. The minimum absolute atomic E-state index is 0.0931. The maximum absolute atomic E-state index is 12.1. The molecule has 2 aromatic rings. The molecule has 1 amide bonds. The number of anilines is 1. The van der Waals surface area contributed by atoms with Gasteiger partial charge in [-0.2, -0.15) is 0 Å². The maximum Gasteiger partial charge on any atom is 0.254 e. The quantitative estimate of drug-likeness (QED) is 0.887. The molecule has 6 nitrogen and oxygen atoms in total. The highest BCUT2D eigenvalue weighted by Crippen LogP contribution is 2.17. The van der Waals surface area contributed by atoms with Crippen molar-refractivity contribution >= 4 is 11.9 Å². The molecule has 2 N–H and O–H groups in total. The van der Waals surface area contributed by atoms with Gasteiger partial charge in [-0.15, -0.1) is 0 Å². The van der Waals surface area contributed by atoms with Gasteiger partial charge in [-0.3, -0.25) is 4.79 Å². The minimum atomic E-state index is -0.0931. The molecule has 0 bridgehead atoms. The Balaban J connectivity index is 1.52. The Hall–Kier alpha value is -2.37. The van der Waals surface area contributed by atoms with E-state index in [1.165, 1.54) is 19.3 Å². The van der Waals surface area contributed by atoms with E-state index in [1.54, 1.807) is 18.7 Å². The van der Waals surface area contributed by atoms with Crippen LogP contribution in [0.3, 0.4) is 0 Å². The molecular formula is C16H20N4O2. The van der Waals surface area contributed by atoms with Crippen LogP contribution in [0.1, 0.15) is 48.2 Å². The van der Waals surface area contributed by atoms with Gasteiger partial charge in [-0.05, 0) is 25.0 Å². The molecule has 0 saturated heterocycles. The highest BCUT2D eigenvalue weighted by atomic mass is 16.3. The second-order valence-electron chi connectivity index (χ2n) is 5.54. The molecule has 0 unspecified atom stereocenters. The van der Waals surface area contributed by atoms with Gasteiger partial charge in [0.05, 0.1) is 18.4 Å². The van der Waals surface area contributed by atoms with Crippen LogP contribution in [-0.4, -0.2) is 21.9 Å². The van der Waals surface area contributed by atoms with E-state index in [1.807, 2.05) is 12.1 Å². The van der Waals surface area contributed by atoms with Crippen LogP contribution < -0.4 is 10.6 Å². The Labute approximate surface area is 129 Å². The second-order valence-corrected chi connectivity index (χ2v) is 5.54. The fraction of sp³-hybridized carbons (Fsp3) is 0.438. The molecule has 1 fully saturated rings. The topological polar surface area (TPSA) is 80.0 Å². The average molecular weight is 300 g/mol. The number of carbonyl (C=O) groups is 1. The fourth-order valence-corrected chi connectivity index (χ4v) is 2.63. The summed E-state index contributed by atoms with van der Waals surface area (Å²) in [6.45, 7) is 0.515. The summed E-state index contributed by atoms with van der Waals surface area (Å²) < 4.78 is 5.22. The van der Waals surface area contributed by atoms with Gasteiger partial charge in [0, 0.05) is 18.4 Å². The van der Waals surface area contributed by atoms with Crippen molar-refractivity contribution in [2.45, 2.75) is 44.7 Å². The van der Waals surface area contributed by atoms with Gasteiger partial charge < -0.3 is 15.1 Å². The van der Waals surface area contributed by atoms with Crippen molar-refractivity contribution in [3.05, 3.63) is 42.1 Å². The predicted molar refractivity (Wildman–Crippen MR) is 82.4 cm³/mol. The highest BCUT2D eigenvalue weighted by Gasteiger charge is 2.17. The lowest BCUT2D eigenvalue weighted by Crippen LogP contribution is -2.36. The summed E-state index contributed by atoms with van der Waals surface area (Å²) in [4.78, 5) is 20.5. The molecule has 116 valence electrons. The largest absolute Gasteiger partial charge is 0.467 e. The molecule has 2 heterocycles. The number of nitrogens with zero attached hydrogens (tertiary/aromatic N) is 2. The van der Waals surface area contributed by atoms with Crippen molar-refractivity contribution in [2.24, 2.45) is 0 Å². The molecule has 0 radical (unpaired) electrons. The van der Waals surface area contributed by atoms with Gasteiger partial charge in [-0.25, -0.2) is 9.97 Å². The Bertz CT molecular complexity index is 589. The molecule has 2 aromatic heterocycles. The Morgan fingerprint density at radius 2 is 2.00 bits per heavy atom. The first kappa shape index (κ1) is 14.6. The molecule has 22 heavy (non-hydrogen) atoms. The third-order valence-electron chi connectivity index (χ3n) is 3.86. The molecular weight excluding hydrogens is 280 g/mol. The normalized spacial score (nSPS) is 15.5. The van der Waals surface area contributed by atoms with Gasteiger partial charge in [0.1, 0.15) is 5.76 Å². The van der Waals surface area contributed by atoms with Crippen molar-refractivity contribution in [3.8, 4) is 0 Å². The minimum Gasteiger partial charge on any atom is -0.467 e. The third-order valence-corrected chi connectivity index (χ3v) is 3.86. The number of hydrogen-bond donors (Lipinski definition) is 2. The van der Waals surface area contributed by atoms with Crippen LogP contribution in [0.2, 0.25) is 0 Å². The first-order chi connectivity index (χ1) is 10.8. The molecule has 0 aromatic carbocycles. The fourth-order valence-electron chi connectivity index (χ4n) is 2.63. The summed E-state index contributed by atoms with van der Waals surface area (Å²) >= 11 is 0. The lowest BCUT2D eigenvalue weighted by atomic mass is 9.95. The standard InChI is InChI=1S/C16H20N4O2/c21-15(20-13-5-2-1-3-6-13)12-9-17-16(18-10-12)19-11-14-7-4-8-22-14/h4,7-10,13H,1-3,5-6,11H2,(H,20,21)(H,17,18,19). The van der Waals surface area contributed by atoms with Crippen LogP contribution in [0.5, 0.6) is 0 Å². The Morgan fingerprint density at radius 1 is 1.23 bits per heavy atom. The number of amides is 1. The van der Waals surface area contributed by atoms with E-state index in [4.69, 9.17) is 4.42 Å². The van der Waals surface area contributed by atoms with E-state index in [9.17, 15) is 4.79 Å². The Morgan fingerprint density at radius 3 is 2.68 bits per heavy atom. The molecule has 3 rings (SSSR count). The maximum atomic E-state index is 12.1. The van der Waals surface area contributed by atoms with E-state index in [0.29, 0.717) is 18.1 Å². The predicted octanol–water partition coefficient (Wildman–Crippen LogP) is 2.74. The number of rotatable bonds is 5. The lowest BCUT2D eigenvalue weighted by molar-refractivity contribution is 0.0927. The van der Waals surface area contributed by atoms with Crippen molar-refractivity contribution in [1.82, 2.24) is 15.3 Å². The highest BCUT2D eigenvalue weighted by molar-refractivity contribution is 5.93. The molecule has 0 spiro atoms. The average Bonchev–Trinajstić information content (AvgIpc) is 3.08. The van der Waals surface area contributed by atoms with Crippen LogP contribution in [0.15, 0.2) is 35.2 Å². The first-order valence-corrected chi connectivity index (χ1v) is 7.70. The van der Waals surface area contributed by atoms with E-state index in [-0.39, 0.29) is 11.9 Å². The van der Waals surface area contributed by atoms with Crippen LogP contribution >= 0.6 is 0 Å². The molecule has 0 atom stereocenters. The van der Waals surface area contributed by atoms with E-state index < -0.39 is 0 Å². The summed E-state index contributed by atoms with van der Waals surface area (Å²) in [5.74, 6) is 1.19. The van der Waals surface area contributed by atoms with Gasteiger partial charge in [-0.1, -0.05) is 19.3 Å². The van der Waals surface area contributed by atoms with E-state index in [0.717, 1.165) is 18.6 Å². The summed E-state index contributed by atoms with van der Waals surface area (Å²) in [6.07, 6.45) is 10.5. The zero-order chi connectivity index (χ0) is 15.2. The van der Waals surface area contributed by atoms with Crippen molar-refractivity contribution < 1.29 is 9.21 Å². The second kappa shape index (κ2) is 7.06. The zero-order valence-corrected chi connectivity index (χ0v) is 12.4. The van der Waals surface area contributed by atoms with E-state index >= 15 is 0 Å². The SMILES string of the molecule is O=C(NC1CCCCC1)c1cnc(NCc2ccco2)nc1. The number of aromatic nitrogens is 2. The van der Waals surface area contributed by atoms with Gasteiger partial charge in [0.25, 0.3) is 5.91 Å². The number of nitrogens with one attached hydrogen (secondary N) is 2. The summed E-state index contributed by atoms with van der Waals surface area (Å²) in [6, 6.07) is 3.99. The van der Waals surface area contributed by atoms with Gasteiger partial charge >= 0.3 is 0 Å². The van der Waals surface area contributed by atoms with Crippen LogP contribution in [0.25, 0.3) is 0 Å². The van der Waals surface area contributed by atoms with Gasteiger partial charge in [0.2, 0.25) is 5.95 Å². The molecule has 1 saturated carbocycles. The lowest BCUT2D eigenvalue weighted by Gasteiger charge is -2.22. The molecule has 1 aliphatic carbocycles. The third kappa shape index (κ3) is 3.84. The zero-order valence-electron chi connectivity index (χ0n) is 12.4. The van der Waals surface area contributed by atoms with Crippen molar-refractivity contribution in [1.29, 1.82) is 0 Å². The van der Waals surface area contributed by atoms with Gasteiger partial charge in [0.15, 0.2) is 0 Å². The molecule has 6 heteroatoms. The van der Waals surface area contributed by atoms with Crippen LogP contribution in [-0.2, 0) is 6.54 Å². The number of furan rings is 1. The summed E-state index contributed by atoms with van der Waals surface area (Å²) in [5.41, 5.74) is 0.495. The van der Waals surface area contributed by atoms with E-state index in [2.05, 4.69) is 20.6 Å².